The number of halogens is 4. The zero-order valence-corrected chi connectivity index (χ0v) is 15.4. The Morgan fingerprint density at radius 1 is 1.08 bits per heavy atom. The molecule has 1 atom stereocenters. The number of alkyl halides is 3. The quantitative estimate of drug-likeness (QED) is 0.314. The smallest absolute Gasteiger partial charge is 0.269 e. The summed E-state index contributed by atoms with van der Waals surface area (Å²) in [6.45, 7) is 0. The minimum atomic E-state index is -1.89. The van der Waals surface area contributed by atoms with Gasteiger partial charge >= 0.3 is 0 Å². The van der Waals surface area contributed by atoms with Crippen molar-refractivity contribution < 1.29 is 9.72 Å². The number of hydrogen-bond donors (Lipinski definition) is 2. The van der Waals surface area contributed by atoms with Crippen LogP contribution in [0.5, 0.6) is 0 Å². The first-order valence-corrected chi connectivity index (χ1v) is 8.33. The fraction of sp³-hybridized carbons (Fsp3) is 0.133. The molecule has 0 spiro atoms. The van der Waals surface area contributed by atoms with Crippen LogP contribution in [0.1, 0.15) is 10.4 Å². The summed E-state index contributed by atoms with van der Waals surface area (Å²) in [5.41, 5.74) is 0.548. The van der Waals surface area contributed by atoms with E-state index in [0.29, 0.717) is 5.69 Å². The molecule has 6 nitrogen and oxygen atoms in total. The fourth-order valence-corrected chi connectivity index (χ4v) is 2.45. The highest BCUT2D eigenvalue weighted by Crippen LogP contribution is 2.32. The van der Waals surface area contributed by atoms with Crippen LogP contribution in [0.4, 0.5) is 11.4 Å². The summed E-state index contributed by atoms with van der Waals surface area (Å²) in [6.07, 6.45) is -1.11. The number of benzene rings is 2. The molecule has 0 aliphatic carbocycles. The van der Waals surface area contributed by atoms with E-state index in [2.05, 4.69) is 10.6 Å². The molecule has 0 radical (unpaired) electrons. The zero-order valence-electron chi connectivity index (χ0n) is 12.4. The summed E-state index contributed by atoms with van der Waals surface area (Å²) >= 11 is 23.7. The second kappa shape index (κ2) is 8.10. The van der Waals surface area contributed by atoms with Crippen LogP contribution in [-0.2, 0) is 0 Å². The molecule has 2 N–H and O–H groups in total. The number of nitrogens with zero attached hydrogens (tertiary/aromatic N) is 1. The van der Waals surface area contributed by atoms with Crippen molar-refractivity contribution in [3.63, 3.8) is 0 Å². The first kappa shape index (κ1) is 19.6. The second-order valence-corrected chi connectivity index (χ2v) is 7.65. The SMILES string of the molecule is O=C(N[C@H](Nc1ccc([N+](=O)[O-])cc1)C(Cl)(Cl)Cl)c1ccccc1Cl. The summed E-state index contributed by atoms with van der Waals surface area (Å²) in [5.74, 6) is -0.545. The first-order valence-electron chi connectivity index (χ1n) is 6.81. The van der Waals surface area contributed by atoms with Gasteiger partial charge in [-0.25, -0.2) is 0 Å². The van der Waals surface area contributed by atoms with Gasteiger partial charge in [-0.05, 0) is 24.3 Å². The molecule has 0 aliphatic rings. The van der Waals surface area contributed by atoms with Crippen LogP contribution in [0.15, 0.2) is 48.5 Å². The number of carbonyl (C=O) groups excluding carboxylic acids is 1. The molecule has 0 bridgehead atoms. The van der Waals surface area contributed by atoms with Gasteiger partial charge in [0.25, 0.3) is 11.6 Å². The summed E-state index contributed by atoms with van der Waals surface area (Å²) < 4.78 is -1.89. The average molecular weight is 423 g/mol. The van der Waals surface area contributed by atoms with E-state index in [1.807, 2.05) is 0 Å². The number of nitrogens with one attached hydrogen (secondary N) is 2. The van der Waals surface area contributed by atoms with Crippen LogP contribution < -0.4 is 10.6 Å². The molecule has 0 fully saturated rings. The predicted molar refractivity (Wildman–Crippen MR) is 99.7 cm³/mol. The molecular formula is C15H11Cl4N3O3. The molecule has 25 heavy (non-hydrogen) atoms. The van der Waals surface area contributed by atoms with Crippen LogP contribution in [0.2, 0.25) is 5.02 Å². The lowest BCUT2D eigenvalue weighted by atomic mass is 10.2. The van der Waals surface area contributed by atoms with Gasteiger partial charge in [0, 0.05) is 17.8 Å². The fourth-order valence-electron chi connectivity index (χ4n) is 1.90. The number of carbonyl (C=O) groups is 1. The van der Waals surface area contributed by atoms with Gasteiger partial charge in [-0.2, -0.15) is 0 Å². The first-order chi connectivity index (χ1) is 11.7. The van der Waals surface area contributed by atoms with Gasteiger partial charge in [0.2, 0.25) is 3.79 Å². The van der Waals surface area contributed by atoms with E-state index in [4.69, 9.17) is 46.4 Å². The van der Waals surface area contributed by atoms with E-state index >= 15 is 0 Å². The number of nitro benzene ring substituents is 1. The summed E-state index contributed by atoms with van der Waals surface area (Å²) in [6, 6.07) is 11.9. The summed E-state index contributed by atoms with van der Waals surface area (Å²) in [4.78, 5) is 22.5. The number of anilines is 1. The molecule has 2 rings (SSSR count). The Morgan fingerprint density at radius 3 is 2.20 bits per heavy atom. The molecule has 1 amide bonds. The number of nitro groups is 1. The Morgan fingerprint density at radius 2 is 1.68 bits per heavy atom. The van der Waals surface area contributed by atoms with Gasteiger partial charge in [-0.3, -0.25) is 14.9 Å². The maximum atomic E-state index is 12.4. The van der Waals surface area contributed by atoms with Crippen LogP contribution in [0.25, 0.3) is 0 Å². The van der Waals surface area contributed by atoms with E-state index < -0.39 is 20.8 Å². The van der Waals surface area contributed by atoms with Crippen molar-refractivity contribution >= 4 is 63.7 Å². The predicted octanol–water partition coefficient (Wildman–Crippen LogP) is 4.79. The monoisotopic (exact) mass is 421 g/mol. The van der Waals surface area contributed by atoms with Crippen LogP contribution in [-0.4, -0.2) is 20.8 Å². The van der Waals surface area contributed by atoms with E-state index in [1.165, 1.54) is 30.3 Å². The van der Waals surface area contributed by atoms with Crippen molar-refractivity contribution in [2.45, 2.75) is 9.96 Å². The van der Waals surface area contributed by atoms with Gasteiger partial charge < -0.3 is 10.6 Å². The van der Waals surface area contributed by atoms with E-state index in [9.17, 15) is 14.9 Å². The molecule has 132 valence electrons. The molecule has 0 unspecified atom stereocenters. The maximum absolute atomic E-state index is 12.4. The van der Waals surface area contributed by atoms with Gasteiger partial charge in [-0.1, -0.05) is 58.5 Å². The number of hydrogen-bond acceptors (Lipinski definition) is 4. The summed E-state index contributed by atoms with van der Waals surface area (Å²) in [7, 11) is 0. The maximum Gasteiger partial charge on any atom is 0.269 e. The Bertz CT molecular complexity index is 778. The van der Waals surface area contributed by atoms with Crippen molar-refractivity contribution in [3.8, 4) is 0 Å². The molecule has 0 saturated carbocycles. The second-order valence-electron chi connectivity index (χ2n) is 4.88. The van der Waals surface area contributed by atoms with Crippen LogP contribution in [0, 0.1) is 10.1 Å². The molecular weight excluding hydrogens is 412 g/mol. The van der Waals surface area contributed by atoms with E-state index in [0.717, 1.165) is 0 Å². The van der Waals surface area contributed by atoms with Gasteiger partial charge in [-0.15, -0.1) is 0 Å². The zero-order chi connectivity index (χ0) is 18.6. The van der Waals surface area contributed by atoms with Gasteiger partial charge in [0.15, 0.2) is 0 Å². The lowest BCUT2D eigenvalue weighted by Crippen LogP contribution is -2.49. The van der Waals surface area contributed by atoms with Crippen molar-refractivity contribution in [1.82, 2.24) is 5.32 Å². The minimum absolute atomic E-state index is 0.0870. The van der Waals surface area contributed by atoms with Crippen molar-refractivity contribution in [3.05, 3.63) is 69.2 Å². The molecule has 10 heteroatoms. The van der Waals surface area contributed by atoms with Crippen LogP contribution in [0.3, 0.4) is 0 Å². The highest BCUT2D eigenvalue weighted by molar-refractivity contribution is 6.68. The molecule has 0 heterocycles. The number of amides is 1. The molecule has 0 saturated heterocycles. The van der Waals surface area contributed by atoms with Gasteiger partial charge in [0.05, 0.1) is 15.5 Å². The highest BCUT2D eigenvalue weighted by Gasteiger charge is 2.34. The Hall–Kier alpha value is -1.73. The minimum Gasteiger partial charge on any atom is -0.362 e. The van der Waals surface area contributed by atoms with Crippen LogP contribution >= 0.6 is 46.4 Å². The van der Waals surface area contributed by atoms with Gasteiger partial charge in [0.1, 0.15) is 6.17 Å². The largest absolute Gasteiger partial charge is 0.362 e. The van der Waals surface area contributed by atoms with Crippen molar-refractivity contribution in [2.24, 2.45) is 0 Å². The Kier molecular flexibility index (Phi) is 6.35. The third-order valence-electron chi connectivity index (χ3n) is 3.11. The van der Waals surface area contributed by atoms with Crippen molar-refractivity contribution in [2.75, 3.05) is 5.32 Å². The topological polar surface area (TPSA) is 84.3 Å². The molecule has 2 aromatic rings. The highest BCUT2D eigenvalue weighted by atomic mass is 35.6. The molecule has 0 aliphatic heterocycles. The third kappa shape index (κ3) is 5.37. The lowest BCUT2D eigenvalue weighted by molar-refractivity contribution is -0.384. The van der Waals surface area contributed by atoms with Crippen molar-refractivity contribution in [1.29, 1.82) is 0 Å². The Labute approximate surface area is 163 Å². The number of non-ortho nitro benzene ring substituents is 1. The normalized spacial score (nSPS) is 12.3. The molecule has 2 aromatic carbocycles. The average Bonchev–Trinajstić information content (AvgIpc) is 2.54. The molecule has 0 aromatic heterocycles. The van der Waals surface area contributed by atoms with E-state index in [1.54, 1.807) is 18.2 Å². The number of rotatable bonds is 5. The third-order valence-corrected chi connectivity index (χ3v) is 4.09. The standard InChI is InChI=1S/C15H11Cl4N3O3/c16-12-4-2-1-3-11(12)13(23)21-14(15(17,18)19)20-9-5-7-10(8-6-9)22(24)25/h1-8,14,20H,(H,21,23)/t14-/m0/s1. The summed E-state index contributed by atoms with van der Waals surface area (Å²) in [5, 5.41) is 16.3. The Balaban J connectivity index is 2.18. The lowest BCUT2D eigenvalue weighted by Gasteiger charge is -2.27. The van der Waals surface area contributed by atoms with E-state index in [-0.39, 0.29) is 16.3 Å².